The molecule has 1 aliphatic rings. The zero-order valence-corrected chi connectivity index (χ0v) is 10.9. The van der Waals surface area contributed by atoms with Crippen molar-refractivity contribution in [3.63, 3.8) is 0 Å². The molecule has 1 aromatic heterocycles. The quantitative estimate of drug-likeness (QED) is 0.778. The van der Waals surface area contributed by atoms with Crippen LogP contribution >= 0.6 is 0 Å². The molecule has 1 unspecified atom stereocenters. The normalized spacial score (nSPS) is 20.1. The van der Waals surface area contributed by atoms with E-state index in [1.807, 2.05) is 13.0 Å². The number of pyridine rings is 1. The smallest absolute Gasteiger partial charge is 0.0507 e. The van der Waals surface area contributed by atoms with Crippen LogP contribution < -0.4 is 0 Å². The van der Waals surface area contributed by atoms with Crippen molar-refractivity contribution in [1.82, 2.24) is 9.88 Å². The van der Waals surface area contributed by atoms with Crippen molar-refractivity contribution in [2.45, 2.75) is 19.8 Å². The van der Waals surface area contributed by atoms with E-state index in [9.17, 15) is 0 Å². The second kappa shape index (κ2) is 6.12. The number of aryl methyl sites for hydroxylation is 1. The lowest BCUT2D eigenvalue weighted by atomic mass is 10.1. The van der Waals surface area contributed by atoms with Crippen LogP contribution in [0.15, 0.2) is 18.2 Å². The van der Waals surface area contributed by atoms with Crippen LogP contribution in [0.25, 0.3) is 0 Å². The molecule has 0 radical (unpaired) electrons. The molecule has 0 spiro atoms. The summed E-state index contributed by atoms with van der Waals surface area (Å²) in [5.74, 6) is 0.727. The van der Waals surface area contributed by atoms with Crippen molar-refractivity contribution in [1.29, 1.82) is 0 Å². The average molecular weight is 234 g/mol. The van der Waals surface area contributed by atoms with E-state index in [2.05, 4.69) is 29.1 Å². The monoisotopic (exact) mass is 234 g/mol. The number of aromatic nitrogens is 1. The predicted octanol–water partition coefficient (Wildman–Crippen LogP) is 1.90. The number of rotatable bonds is 5. The van der Waals surface area contributed by atoms with Crippen LogP contribution in [0.4, 0.5) is 0 Å². The lowest BCUT2D eigenvalue weighted by Gasteiger charge is -2.19. The summed E-state index contributed by atoms with van der Waals surface area (Å²) in [6.45, 7) is 6.15. The molecular formula is C14H22N2O. The van der Waals surface area contributed by atoms with Gasteiger partial charge in [0.15, 0.2) is 0 Å². The first-order valence-electron chi connectivity index (χ1n) is 6.43. The Morgan fingerprint density at radius 3 is 3.06 bits per heavy atom. The number of ether oxygens (including phenoxy) is 1. The molecule has 2 heterocycles. The molecule has 17 heavy (non-hydrogen) atoms. The molecule has 1 aromatic rings. The van der Waals surface area contributed by atoms with Gasteiger partial charge in [-0.15, -0.1) is 0 Å². The van der Waals surface area contributed by atoms with Gasteiger partial charge in [-0.05, 0) is 38.4 Å². The van der Waals surface area contributed by atoms with Crippen LogP contribution in [0.1, 0.15) is 17.8 Å². The highest BCUT2D eigenvalue weighted by atomic mass is 16.5. The van der Waals surface area contributed by atoms with Gasteiger partial charge in [-0.3, -0.25) is 4.98 Å². The average Bonchev–Trinajstić information content (AvgIpc) is 2.79. The molecule has 0 N–H and O–H groups in total. The van der Waals surface area contributed by atoms with Crippen molar-refractivity contribution in [3.05, 3.63) is 29.6 Å². The first kappa shape index (κ1) is 12.5. The van der Waals surface area contributed by atoms with E-state index in [1.165, 1.54) is 12.1 Å². The van der Waals surface area contributed by atoms with Gasteiger partial charge in [0.05, 0.1) is 6.61 Å². The van der Waals surface area contributed by atoms with Gasteiger partial charge in [0.1, 0.15) is 0 Å². The summed E-state index contributed by atoms with van der Waals surface area (Å²) in [4.78, 5) is 6.92. The highest BCUT2D eigenvalue weighted by Gasteiger charge is 2.17. The maximum atomic E-state index is 5.40. The zero-order valence-electron chi connectivity index (χ0n) is 10.9. The molecule has 3 nitrogen and oxygen atoms in total. The first-order chi connectivity index (χ1) is 8.24. The highest BCUT2D eigenvalue weighted by molar-refractivity contribution is 5.10. The second-order valence-electron chi connectivity index (χ2n) is 5.01. The summed E-state index contributed by atoms with van der Waals surface area (Å²) in [5.41, 5.74) is 2.30. The zero-order chi connectivity index (χ0) is 12.1. The molecule has 1 fully saturated rings. The van der Waals surface area contributed by atoms with Gasteiger partial charge in [0.25, 0.3) is 0 Å². The molecule has 0 bridgehead atoms. The highest BCUT2D eigenvalue weighted by Crippen LogP contribution is 2.13. The minimum atomic E-state index is 0.727. The van der Waals surface area contributed by atoms with E-state index in [1.54, 1.807) is 0 Å². The van der Waals surface area contributed by atoms with Gasteiger partial charge in [0, 0.05) is 37.5 Å². The SMILES string of the molecule is Cc1cccc(CCN(C)CC2CCOC2)n1. The first-order valence-corrected chi connectivity index (χ1v) is 6.43. The van der Waals surface area contributed by atoms with Crippen molar-refractivity contribution in [2.24, 2.45) is 5.92 Å². The fourth-order valence-corrected chi connectivity index (χ4v) is 2.30. The topological polar surface area (TPSA) is 25.4 Å². The number of likely N-dealkylation sites (N-methyl/N-ethyl adjacent to an activating group) is 1. The largest absolute Gasteiger partial charge is 0.381 e. The molecule has 0 aromatic carbocycles. The molecule has 1 aliphatic heterocycles. The molecule has 2 rings (SSSR count). The second-order valence-corrected chi connectivity index (χ2v) is 5.01. The number of nitrogens with zero attached hydrogens (tertiary/aromatic N) is 2. The van der Waals surface area contributed by atoms with Crippen molar-refractivity contribution >= 4 is 0 Å². The fourth-order valence-electron chi connectivity index (χ4n) is 2.30. The predicted molar refractivity (Wildman–Crippen MR) is 69.1 cm³/mol. The minimum absolute atomic E-state index is 0.727. The van der Waals surface area contributed by atoms with Crippen LogP contribution in [0, 0.1) is 12.8 Å². The van der Waals surface area contributed by atoms with Crippen molar-refractivity contribution in [3.8, 4) is 0 Å². The van der Waals surface area contributed by atoms with Gasteiger partial charge in [0.2, 0.25) is 0 Å². The lowest BCUT2D eigenvalue weighted by molar-refractivity contribution is 0.174. The third-order valence-electron chi connectivity index (χ3n) is 3.29. The maximum Gasteiger partial charge on any atom is 0.0507 e. The van der Waals surface area contributed by atoms with Gasteiger partial charge in [-0.2, -0.15) is 0 Å². The molecule has 3 heteroatoms. The Bertz CT molecular complexity index is 348. The summed E-state index contributed by atoms with van der Waals surface area (Å²) in [6, 6.07) is 6.24. The molecule has 0 saturated carbocycles. The van der Waals surface area contributed by atoms with E-state index in [-0.39, 0.29) is 0 Å². The van der Waals surface area contributed by atoms with E-state index in [0.717, 1.165) is 44.3 Å². The van der Waals surface area contributed by atoms with Crippen LogP contribution in [0.3, 0.4) is 0 Å². The van der Waals surface area contributed by atoms with E-state index in [4.69, 9.17) is 4.74 Å². The van der Waals surface area contributed by atoms with E-state index in [0.29, 0.717) is 0 Å². The van der Waals surface area contributed by atoms with E-state index >= 15 is 0 Å². The lowest BCUT2D eigenvalue weighted by Crippen LogP contribution is -2.28. The molecule has 0 amide bonds. The molecule has 94 valence electrons. The Hall–Kier alpha value is -0.930. The molecule has 1 atom stereocenters. The fraction of sp³-hybridized carbons (Fsp3) is 0.643. The Labute approximate surface area is 104 Å². The Balaban J connectivity index is 1.73. The Morgan fingerprint density at radius 1 is 1.47 bits per heavy atom. The van der Waals surface area contributed by atoms with Crippen molar-refractivity contribution < 1.29 is 4.74 Å². The van der Waals surface area contributed by atoms with Gasteiger partial charge in [-0.1, -0.05) is 6.07 Å². The van der Waals surface area contributed by atoms with Crippen LogP contribution in [0.2, 0.25) is 0 Å². The number of hydrogen-bond donors (Lipinski definition) is 0. The summed E-state index contributed by atoms with van der Waals surface area (Å²) in [7, 11) is 2.19. The third-order valence-corrected chi connectivity index (χ3v) is 3.29. The Morgan fingerprint density at radius 2 is 2.35 bits per heavy atom. The van der Waals surface area contributed by atoms with Crippen LogP contribution in [-0.4, -0.2) is 43.2 Å². The number of hydrogen-bond acceptors (Lipinski definition) is 3. The van der Waals surface area contributed by atoms with Crippen molar-refractivity contribution in [2.75, 3.05) is 33.4 Å². The molecule has 0 aliphatic carbocycles. The maximum absolute atomic E-state index is 5.40. The van der Waals surface area contributed by atoms with Crippen LogP contribution in [0.5, 0.6) is 0 Å². The van der Waals surface area contributed by atoms with E-state index < -0.39 is 0 Å². The van der Waals surface area contributed by atoms with Crippen LogP contribution in [-0.2, 0) is 11.2 Å². The summed E-state index contributed by atoms with van der Waals surface area (Å²) >= 11 is 0. The van der Waals surface area contributed by atoms with Gasteiger partial charge in [-0.25, -0.2) is 0 Å². The Kier molecular flexibility index (Phi) is 4.51. The third kappa shape index (κ3) is 4.10. The molecular weight excluding hydrogens is 212 g/mol. The molecule has 1 saturated heterocycles. The summed E-state index contributed by atoms with van der Waals surface area (Å²) < 4.78 is 5.40. The van der Waals surface area contributed by atoms with Gasteiger partial charge >= 0.3 is 0 Å². The standard InChI is InChI=1S/C14H22N2O/c1-12-4-3-5-14(15-12)6-8-16(2)10-13-7-9-17-11-13/h3-5,13H,6-11H2,1-2H3. The van der Waals surface area contributed by atoms with Gasteiger partial charge < -0.3 is 9.64 Å². The summed E-state index contributed by atoms with van der Waals surface area (Å²) in [5, 5.41) is 0. The summed E-state index contributed by atoms with van der Waals surface area (Å²) in [6.07, 6.45) is 2.25. The minimum Gasteiger partial charge on any atom is -0.381 e.